The molecule has 0 atom stereocenters. The molecule has 0 unspecified atom stereocenters. The lowest BCUT2D eigenvalue weighted by Crippen LogP contribution is -2.12. The Morgan fingerprint density at radius 3 is 1.29 bits per heavy atom. The van der Waals surface area contributed by atoms with Crippen LogP contribution in [0, 0.1) is 0 Å². The highest BCUT2D eigenvalue weighted by Crippen LogP contribution is 2.16. The largest absolute Gasteiger partial charge is 0.389 e. The van der Waals surface area contributed by atoms with Gasteiger partial charge in [0.2, 0.25) is 0 Å². The first-order chi connectivity index (χ1) is 18.7. The minimum atomic E-state index is -0.609. The van der Waals surface area contributed by atoms with Crippen molar-refractivity contribution in [2.24, 2.45) is 0 Å². The third-order valence-corrected chi connectivity index (χ3v) is 7.59. The van der Waals surface area contributed by atoms with Gasteiger partial charge in [-0.1, -0.05) is 161 Å². The lowest BCUT2D eigenvalue weighted by Gasteiger charge is -2.05. The normalized spacial score (nSPS) is 11.1. The van der Waals surface area contributed by atoms with Gasteiger partial charge in [0, 0.05) is 18.8 Å². The minimum Gasteiger partial charge on any atom is -0.389 e. The third-order valence-electron chi connectivity index (χ3n) is 7.59. The van der Waals surface area contributed by atoms with Gasteiger partial charge in [0.05, 0.1) is 5.56 Å². The Morgan fingerprint density at radius 2 is 0.947 bits per heavy atom. The fourth-order valence-electron chi connectivity index (χ4n) is 5.11. The van der Waals surface area contributed by atoms with Gasteiger partial charge in [-0.15, -0.1) is 0 Å². The Morgan fingerprint density at radius 1 is 0.579 bits per heavy atom. The van der Waals surface area contributed by atoms with Gasteiger partial charge in [-0.3, -0.25) is 9.78 Å². The van der Waals surface area contributed by atoms with Gasteiger partial charge >= 0.3 is 11.9 Å². The number of nitrogens with zero attached hydrogens (tertiary/aromatic N) is 1. The second-order valence-electron chi connectivity index (χ2n) is 11.2. The van der Waals surface area contributed by atoms with Crippen molar-refractivity contribution in [1.82, 2.24) is 4.98 Å². The van der Waals surface area contributed by atoms with Gasteiger partial charge in [0.25, 0.3) is 0 Å². The molecule has 1 aromatic heterocycles. The summed E-state index contributed by atoms with van der Waals surface area (Å²) in [7, 11) is 0. The van der Waals surface area contributed by atoms with Gasteiger partial charge in [-0.05, 0) is 18.6 Å². The topological polar surface area (TPSA) is 56.3 Å². The van der Waals surface area contributed by atoms with Crippen molar-refractivity contribution in [3.05, 3.63) is 30.1 Å². The number of hydrogen-bond acceptors (Lipinski definition) is 4. The predicted molar refractivity (Wildman–Crippen MR) is 160 cm³/mol. The second-order valence-corrected chi connectivity index (χ2v) is 11.2. The van der Waals surface area contributed by atoms with Crippen LogP contribution in [0.3, 0.4) is 0 Å². The van der Waals surface area contributed by atoms with E-state index in [1.807, 2.05) is 0 Å². The van der Waals surface area contributed by atoms with Crippen molar-refractivity contribution >= 4 is 11.9 Å². The molecule has 0 aliphatic carbocycles. The first-order valence-corrected chi connectivity index (χ1v) is 16.4. The van der Waals surface area contributed by atoms with Gasteiger partial charge < -0.3 is 4.74 Å². The van der Waals surface area contributed by atoms with Crippen LogP contribution < -0.4 is 0 Å². The van der Waals surface area contributed by atoms with Gasteiger partial charge in [-0.2, -0.15) is 0 Å². The Labute approximate surface area is 235 Å². The number of pyridine rings is 1. The van der Waals surface area contributed by atoms with Crippen molar-refractivity contribution in [2.75, 3.05) is 0 Å². The lowest BCUT2D eigenvalue weighted by molar-refractivity contribution is -0.138. The molecular formula is C34H59NO3. The summed E-state index contributed by atoms with van der Waals surface area (Å²) in [6.07, 6.45) is 37.3. The molecule has 0 spiro atoms. The van der Waals surface area contributed by atoms with E-state index in [1.165, 1.54) is 147 Å². The highest BCUT2D eigenvalue weighted by Gasteiger charge is 2.12. The number of esters is 2. The summed E-state index contributed by atoms with van der Waals surface area (Å²) >= 11 is 0. The zero-order valence-electron chi connectivity index (χ0n) is 24.9. The molecule has 1 heterocycles. The third kappa shape index (κ3) is 22.3. The van der Waals surface area contributed by atoms with E-state index in [0.29, 0.717) is 12.0 Å². The maximum atomic E-state index is 11.8. The van der Waals surface area contributed by atoms with Gasteiger partial charge in [-0.25, -0.2) is 4.79 Å². The Bertz CT molecular complexity index is 661. The van der Waals surface area contributed by atoms with Crippen LogP contribution in [0.1, 0.15) is 184 Å². The van der Waals surface area contributed by atoms with Gasteiger partial charge in [0.1, 0.15) is 0 Å². The Hall–Kier alpha value is -1.71. The molecule has 0 aliphatic rings. The van der Waals surface area contributed by atoms with Crippen LogP contribution in [-0.2, 0) is 9.53 Å². The molecule has 0 fully saturated rings. The minimum absolute atomic E-state index is 0.311. The molecule has 0 radical (unpaired) electrons. The highest BCUT2D eigenvalue weighted by molar-refractivity contribution is 5.96. The summed E-state index contributed by atoms with van der Waals surface area (Å²) in [6, 6.07) is 3.26. The van der Waals surface area contributed by atoms with E-state index in [-0.39, 0.29) is 0 Å². The van der Waals surface area contributed by atoms with Crippen LogP contribution >= 0.6 is 0 Å². The van der Waals surface area contributed by atoms with Crippen molar-refractivity contribution < 1.29 is 14.3 Å². The summed E-state index contributed by atoms with van der Waals surface area (Å²) < 4.78 is 4.87. The average Bonchev–Trinajstić information content (AvgIpc) is 2.93. The SMILES string of the molecule is CCCCCCCCCCCCCCCCCCCCCCCCCCCC(=O)OC(=O)c1cccnc1. The molecule has 0 N–H and O–H groups in total. The molecule has 0 amide bonds. The van der Waals surface area contributed by atoms with E-state index in [9.17, 15) is 9.59 Å². The predicted octanol–water partition coefficient (Wildman–Crippen LogP) is 10.9. The fourth-order valence-corrected chi connectivity index (χ4v) is 5.11. The summed E-state index contributed by atoms with van der Waals surface area (Å²) in [4.78, 5) is 27.5. The van der Waals surface area contributed by atoms with Crippen molar-refractivity contribution in [1.29, 1.82) is 0 Å². The second kappa shape index (κ2) is 26.9. The van der Waals surface area contributed by atoms with Crippen molar-refractivity contribution in [3.63, 3.8) is 0 Å². The molecule has 0 aliphatic heterocycles. The van der Waals surface area contributed by atoms with E-state index in [1.54, 1.807) is 18.3 Å². The fraction of sp³-hybridized carbons (Fsp3) is 0.794. The number of ether oxygens (including phenoxy) is 1. The zero-order chi connectivity index (χ0) is 27.4. The highest BCUT2D eigenvalue weighted by atomic mass is 16.6. The number of carbonyl (C=O) groups is 2. The Balaban J connectivity index is 1.71. The number of aromatic nitrogens is 1. The molecule has 4 nitrogen and oxygen atoms in total. The molecule has 1 aromatic rings. The van der Waals surface area contributed by atoms with Crippen LogP contribution in [0.25, 0.3) is 0 Å². The molecular weight excluding hydrogens is 470 g/mol. The van der Waals surface area contributed by atoms with E-state index in [2.05, 4.69) is 11.9 Å². The summed E-state index contributed by atoms with van der Waals surface area (Å²) in [5, 5.41) is 0. The van der Waals surface area contributed by atoms with E-state index < -0.39 is 11.9 Å². The van der Waals surface area contributed by atoms with Gasteiger partial charge in [0.15, 0.2) is 0 Å². The number of carbonyl (C=O) groups excluding carboxylic acids is 2. The average molecular weight is 530 g/mol. The van der Waals surface area contributed by atoms with Crippen LogP contribution in [0.2, 0.25) is 0 Å². The standard InChI is InChI=1S/C34H59NO3/c1-2-3-4-5-6-7-8-9-10-11-12-13-14-15-16-17-18-19-20-21-22-23-24-25-26-29-33(36)38-34(37)32-28-27-30-35-31-32/h27-28,30-31H,2-26,29H2,1H3. The zero-order valence-corrected chi connectivity index (χ0v) is 24.9. The monoisotopic (exact) mass is 529 g/mol. The summed E-state index contributed by atoms with van der Waals surface area (Å²) in [5.41, 5.74) is 0.315. The summed E-state index contributed by atoms with van der Waals surface area (Å²) in [5.74, 6) is -1.05. The van der Waals surface area contributed by atoms with E-state index in [0.717, 1.165) is 19.3 Å². The number of unbranched alkanes of at least 4 members (excludes halogenated alkanes) is 24. The maximum absolute atomic E-state index is 11.8. The number of hydrogen-bond donors (Lipinski definition) is 0. The van der Waals surface area contributed by atoms with E-state index >= 15 is 0 Å². The van der Waals surface area contributed by atoms with E-state index in [4.69, 9.17) is 4.74 Å². The lowest BCUT2D eigenvalue weighted by atomic mass is 10.0. The quantitative estimate of drug-likeness (QED) is 0.0646. The molecule has 218 valence electrons. The maximum Gasteiger partial charge on any atom is 0.347 e. The molecule has 0 saturated heterocycles. The molecule has 0 saturated carbocycles. The summed E-state index contributed by atoms with van der Waals surface area (Å²) in [6.45, 7) is 2.29. The Kier molecular flexibility index (Phi) is 24.3. The number of rotatable bonds is 27. The van der Waals surface area contributed by atoms with Crippen LogP contribution in [0.5, 0.6) is 0 Å². The van der Waals surface area contributed by atoms with Crippen LogP contribution in [0.15, 0.2) is 24.5 Å². The molecule has 38 heavy (non-hydrogen) atoms. The first kappa shape index (κ1) is 34.3. The molecule has 0 aromatic carbocycles. The molecule has 4 heteroatoms. The molecule has 1 rings (SSSR count). The van der Waals surface area contributed by atoms with Crippen LogP contribution in [-0.4, -0.2) is 16.9 Å². The van der Waals surface area contributed by atoms with Crippen LogP contribution in [0.4, 0.5) is 0 Å². The van der Waals surface area contributed by atoms with Crippen molar-refractivity contribution in [2.45, 2.75) is 174 Å². The van der Waals surface area contributed by atoms with Crippen molar-refractivity contribution in [3.8, 4) is 0 Å². The molecule has 0 bridgehead atoms. The first-order valence-electron chi connectivity index (χ1n) is 16.4. The smallest absolute Gasteiger partial charge is 0.347 e.